The van der Waals surface area contributed by atoms with Crippen LogP contribution < -0.4 is 0 Å². The number of aryl methyl sites for hydroxylation is 1. The second kappa shape index (κ2) is 5.25. The molecule has 0 spiro atoms. The Kier molecular flexibility index (Phi) is 4.99. The summed E-state index contributed by atoms with van der Waals surface area (Å²) in [5.74, 6) is -2.87. The maximum absolute atomic E-state index is 12.7. The van der Waals surface area contributed by atoms with E-state index in [9.17, 15) is 8.78 Å². The summed E-state index contributed by atoms with van der Waals surface area (Å²) in [4.78, 5) is 3.73. The maximum Gasteiger partial charge on any atom is 0.272 e. The van der Waals surface area contributed by atoms with Crippen LogP contribution in [0.4, 0.5) is 8.78 Å². The third kappa shape index (κ3) is 3.58. The molecule has 0 amide bonds. The number of nitrogens with zero attached hydrogens (tertiary/aromatic N) is 1. The zero-order valence-corrected chi connectivity index (χ0v) is 9.49. The minimum absolute atomic E-state index is 0.155. The Labute approximate surface area is 88.1 Å². The first kappa shape index (κ1) is 13.3. The molecule has 0 N–H and O–H groups in total. The summed E-state index contributed by atoms with van der Waals surface area (Å²) < 4.78 is 25.3. The van der Waals surface area contributed by atoms with Gasteiger partial charge in [-0.25, -0.2) is 8.78 Å². The molecule has 80 valence electrons. The standard InChI is InChI=1S/C8H8ClF2N.C2H6/c1-5-7(9)3-6(4-12-5)8(2,10)11;1-2/h3-4H,1-2H3;1-2H3. The van der Waals surface area contributed by atoms with Crippen LogP contribution in [0.5, 0.6) is 0 Å². The van der Waals surface area contributed by atoms with Gasteiger partial charge in [-0.05, 0) is 13.0 Å². The van der Waals surface area contributed by atoms with Crippen LogP contribution in [0.3, 0.4) is 0 Å². The van der Waals surface area contributed by atoms with Gasteiger partial charge in [-0.15, -0.1) is 0 Å². The summed E-state index contributed by atoms with van der Waals surface area (Å²) in [6.07, 6.45) is 1.14. The van der Waals surface area contributed by atoms with Crippen LogP contribution >= 0.6 is 11.6 Å². The number of aromatic nitrogens is 1. The van der Waals surface area contributed by atoms with Crippen molar-refractivity contribution in [3.8, 4) is 0 Å². The van der Waals surface area contributed by atoms with Crippen LogP contribution in [0, 0.1) is 6.92 Å². The summed E-state index contributed by atoms with van der Waals surface area (Å²) in [5.41, 5.74) is 0.405. The lowest BCUT2D eigenvalue weighted by Gasteiger charge is -2.10. The summed E-state index contributed by atoms with van der Waals surface area (Å²) in [5, 5.41) is 0.272. The van der Waals surface area contributed by atoms with Crippen molar-refractivity contribution in [2.75, 3.05) is 0 Å². The Morgan fingerprint density at radius 1 is 1.36 bits per heavy atom. The van der Waals surface area contributed by atoms with Crippen LogP contribution in [0.15, 0.2) is 12.3 Å². The molecular weight excluding hydrogens is 208 g/mol. The third-order valence-electron chi connectivity index (χ3n) is 1.53. The highest BCUT2D eigenvalue weighted by Crippen LogP contribution is 2.28. The van der Waals surface area contributed by atoms with Gasteiger partial charge >= 0.3 is 0 Å². The van der Waals surface area contributed by atoms with E-state index in [0.29, 0.717) is 5.69 Å². The molecule has 0 saturated carbocycles. The lowest BCUT2D eigenvalue weighted by atomic mass is 10.1. The zero-order chi connectivity index (χ0) is 11.4. The Hall–Kier alpha value is -0.700. The van der Waals surface area contributed by atoms with E-state index in [2.05, 4.69) is 4.98 Å². The zero-order valence-electron chi connectivity index (χ0n) is 8.74. The largest absolute Gasteiger partial charge is 0.272 e. The van der Waals surface area contributed by atoms with Crippen LogP contribution in [-0.4, -0.2) is 4.98 Å². The quantitative estimate of drug-likeness (QED) is 0.693. The van der Waals surface area contributed by atoms with Crippen LogP contribution in [0.25, 0.3) is 0 Å². The molecule has 0 aliphatic heterocycles. The first-order valence-electron chi connectivity index (χ1n) is 4.41. The van der Waals surface area contributed by atoms with Crippen molar-refractivity contribution in [2.45, 2.75) is 33.6 Å². The number of rotatable bonds is 1. The minimum atomic E-state index is -2.87. The molecule has 0 saturated heterocycles. The summed E-state index contributed by atoms with van der Waals surface area (Å²) >= 11 is 5.62. The second-order valence-electron chi connectivity index (χ2n) is 2.68. The second-order valence-corrected chi connectivity index (χ2v) is 3.09. The molecule has 4 heteroatoms. The van der Waals surface area contributed by atoms with Gasteiger partial charge in [0, 0.05) is 18.7 Å². The molecule has 1 aromatic heterocycles. The van der Waals surface area contributed by atoms with Gasteiger partial charge < -0.3 is 0 Å². The monoisotopic (exact) mass is 221 g/mol. The van der Waals surface area contributed by atoms with Gasteiger partial charge in [0.2, 0.25) is 0 Å². The molecule has 0 aromatic carbocycles. The fourth-order valence-electron chi connectivity index (χ4n) is 0.746. The molecule has 1 aromatic rings. The molecule has 14 heavy (non-hydrogen) atoms. The highest BCUT2D eigenvalue weighted by atomic mass is 35.5. The predicted molar refractivity (Wildman–Crippen MR) is 54.9 cm³/mol. The number of hydrogen-bond acceptors (Lipinski definition) is 1. The number of pyridine rings is 1. The van der Waals surface area contributed by atoms with Gasteiger partial charge in [0.05, 0.1) is 10.7 Å². The molecule has 0 fully saturated rings. The molecular formula is C10H14ClF2N. The maximum atomic E-state index is 12.7. The Morgan fingerprint density at radius 2 is 1.86 bits per heavy atom. The Morgan fingerprint density at radius 3 is 2.21 bits per heavy atom. The van der Waals surface area contributed by atoms with Gasteiger partial charge in [-0.1, -0.05) is 25.4 Å². The molecule has 0 aliphatic rings. The summed E-state index contributed by atoms with van der Waals surface area (Å²) in [7, 11) is 0. The van der Waals surface area contributed by atoms with E-state index < -0.39 is 5.92 Å². The molecule has 0 aliphatic carbocycles. The first-order chi connectivity index (χ1) is 6.41. The van der Waals surface area contributed by atoms with Crippen LogP contribution in [0.1, 0.15) is 32.0 Å². The van der Waals surface area contributed by atoms with Crippen molar-refractivity contribution in [3.63, 3.8) is 0 Å². The molecule has 0 bridgehead atoms. The van der Waals surface area contributed by atoms with Crippen molar-refractivity contribution >= 4 is 11.6 Å². The lowest BCUT2D eigenvalue weighted by Crippen LogP contribution is -2.07. The minimum Gasteiger partial charge on any atom is -0.260 e. The van der Waals surface area contributed by atoms with Crippen LogP contribution in [0.2, 0.25) is 5.02 Å². The Bertz CT molecular complexity index is 295. The molecule has 0 radical (unpaired) electrons. The predicted octanol–water partition coefficient (Wildman–Crippen LogP) is 4.18. The highest BCUT2D eigenvalue weighted by molar-refractivity contribution is 6.31. The fraction of sp³-hybridized carbons (Fsp3) is 0.500. The van der Waals surface area contributed by atoms with Crippen molar-refractivity contribution in [1.82, 2.24) is 4.98 Å². The fourth-order valence-corrected chi connectivity index (χ4v) is 0.913. The van der Waals surface area contributed by atoms with E-state index in [0.717, 1.165) is 13.1 Å². The van der Waals surface area contributed by atoms with E-state index in [-0.39, 0.29) is 10.6 Å². The molecule has 0 atom stereocenters. The van der Waals surface area contributed by atoms with E-state index in [1.54, 1.807) is 6.92 Å². The van der Waals surface area contributed by atoms with E-state index in [4.69, 9.17) is 11.6 Å². The number of hydrogen-bond donors (Lipinski definition) is 0. The third-order valence-corrected chi connectivity index (χ3v) is 1.91. The van der Waals surface area contributed by atoms with Gasteiger partial charge in [-0.2, -0.15) is 0 Å². The van der Waals surface area contributed by atoms with E-state index >= 15 is 0 Å². The SMILES string of the molecule is CC.Cc1ncc(C(C)(F)F)cc1Cl. The Balaban J connectivity index is 0.000000791. The van der Waals surface area contributed by atoms with E-state index in [1.165, 1.54) is 6.07 Å². The number of alkyl halides is 2. The van der Waals surface area contributed by atoms with Gasteiger partial charge in [-0.3, -0.25) is 4.98 Å². The topological polar surface area (TPSA) is 12.9 Å². The van der Waals surface area contributed by atoms with Gasteiger partial charge in [0.25, 0.3) is 5.92 Å². The summed E-state index contributed by atoms with van der Waals surface area (Å²) in [6.45, 7) is 6.48. The highest BCUT2D eigenvalue weighted by Gasteiger charge is 2.25. The van der Waals surface area contributed by atoms with Crippen molar-refractivity contribution < 1.29 is 8.78 Å². The molecule has 1 heterocycles. The van der Waals surface area contributed by atoms with Crippen molar-refractivity contribution in [1.29, 1.82) is 0 Å². The lowest BCUT2D eigenvalue weighted by molar-refractivity contribution is 0.0171. The smallest absolute Gasteiger partial charge is 0.260 e. The van der Waals surface area contributed by atoms with Crippen molar-refractivity contribution in [2.24, 2.45) is 0 Å². The normalized spacial score (nSPS) is 10.5. The van der Waals surface area contributed by atoms with Gasteiger partial charge in [0.1, 0.15) is 0 Å². The average Bonchev–Trinajstić information content (AvgIpc) is 2.11. The molecule has 1 rings (SSSR count). The average molecular weight is 222 g/mol. The number of halogens is 3. The van der Waals surface area contributed by atoms with Gasteiger partial charge in [0.15, 0.2) is 0 Å². The molecule has 0 unspecified atom stereocenters. The summed E-state index contributed by atoms with van der Waals surface area (Å²) in [6, 6.07) is 1.24. The van der Waals surface area contributed by atoms with E-state index in [1.807, 2.05) is 13.8 Å². The van der Waals surface area contributed by atoms with Crippen molar-refractivity contribution in [3.05, 3.63) is 28.5 Å². The first-order valence-corrected chi connectivity index (χ1v) is 4.79. The molecule has 1 nitrogen and oxygen atoms in total. The van der Waals surface area contributed by atoms with Crippen LogP contribution in [-0.2, 0) is 5.92 Å².